The van der Waals surface area contributed by atoms with E-state index in [0.29, 0.717) is 36.0 Å². The van der Waals surface area contributed by atoms with E-state index in [1.807, 2.05) is 48.5 Å². The second kappa shape index (κ2) is 11.7. The minimum Gasteiger partial charge on any atom is -0.497 e. The summed E-state index contributed by atoms with van der Waals surface area (Å²) >= 11 is 0. The van der Waals surface area contributed by atoms with Crippen LogP contribution in [-0.2, 0) is 13.1 Å². The molecule has 0 saturated carbocycles. The topological polar surface area (TPSA) is 88.7 Å². The van der Waals surface area contributed by atoms with Gasteiger partial charge in [-0.15, -0.1) is 0 Å². The quantitative estimate of drug-likeness (QED) is 0.352. The van der Waals surface area contributed by atoms with Crippen LogP contribution in [0, 0.1) is 0 Å². The fourth-order valence-electron chi connectivity index (χ4n) is 5.12. The number of carbonyl (C=O) groups excluding carboxylic acids is 1. The van der Waals surface area contributed by atoms with Crippen LogP contribution in [0.1, 0.15) is 29.0 Å². The van der Waals surface area contributed by atoms with Crippen molar-refractivity contribution in [1.82, 2.24) is 20.1 Å². The van der Waals surface area contributed by atoms with Crippen LogP contribution in [0.5, 0.6) is 5.75 Å². The number of nitrogens with zero attached hydrogens (tertiary/aromatic N) is 2. The number of benzene rings is 2. The number of pyridine rings is 1. The molecule has 198 valence electrons. The number of carbonyl (C=O) groups is 1. The van der Waals surface area contributed by atoms with E-state index in [9.17, 15) is 9.59 Å². The molecule has 3 heterocycles. The number of rotatable bonds is 9. The third kappa shape index (κ3) is 5.66. The van der Waals surface area contributed by atoms with Crippen molar-refractivity contribution in [3.63, 3.8) is 0 Å². The molecule has 0 spiro atoms. The van der Waals surface area contributed by atoms with Crippen molar-refractivity contribution < 1.29 is 13.9 Å². The summed E-state index contributed by atoms with van der Waals surface area (Å²) in [7, 11) is 3.16. The minimum atomic E-state index is -0.273. The van der Waals surface area contributed by atoms with Crippen LogP contribution in [0.4, 0.5) is 0 Å². The minimum absolute atomic E-state index is 0.186. The van der Waals surface area contributed by atoms with Gasteiger partial charge in [0.25, 0.3) is 11.5 Å². The average molecular weight is 515 g/mol. The highest BCUT2D eigenvalue weighted by Crippen LogP contribution is 2.24. The molecule has 0 bridgehead atoms. The van der Waals surface area contributed by atoms with Gasteiger partial charge in [-0.3, -0.25) is 9.59 Å². The molecule has 1 saturated heterocycles. The van der Waals surface area contributed by atoms with E-state index >= 15 is 0 Å². The number of furan rings is 1. The number of piperidine rings is 1. The lowest BCUT2D eigenvalue weighted by molar-refractivity contribution is 0.0964. The number of amides is 1. The Morgan fingerprint density at radius 2 is 1.82 bits per heavy atom. The molecule has 5 rings (SSSR count). The number of ether oxygens (including phenoxy) is 1. The highest BCUT2D eigenvalue weighted by molar-refractivity contribution is 6.06. The monoisotopic (exact) mass is 514 g/mol. The van der Waals surface area contributed by atoms with Gasteiger partial charge in [0.2, 0.25) is 0 Å². The van der Waals surface area contributed by atoms with Gasteiger partial charge in [0.1, 0.15) is 17.3 Å². The molecule has 1 aliphatic heterocycles. The molecule has 1 fully saturated rings. The molecular formula is C30H34N4O4. The van der Waals surface area contributed by atoms with Crippen LogP contribution >= 0.6 is 0 Å². The zero-order valence-corrected chi connectivity index (χ0v) is 21.9. The number of hydrogen-bond acceptors (Lipinski definition) is 6. The van der Waals surface area contributed by atoms with Crippen molar-refractivity contribution in [3.8, 4) is 17.1 Å². The SMILES string of the molecule is CNC(=O)c1cc(=O)n(CCN2CCC(NCc3ccc(-c4ccccc4)o3)CC2)c2cc(OC)ccc12. The number of fused-ring (bicyclic) bond motifs is 1. The van der Waals surface area contributed by atoms with Crippen LogP contribution in [-0.4, -0.2) is 55.2 Å². The predicted octanol–water partition coefficient (Wildman–Crippen LogP) is 3.88. The lowest BCUT2D eigenvalue weighted by atomic mass is 10.0. The van der Waals surface area contributed by atoms with Gasteiger partial charge in [0.05, 0.1) is 24.7 Å². The molecule has 2 N–H and O–H groups in total. The molecule has 4 aromatic rings. The van der Waals surface area contributed by atoms with Crippen LogP contribution in [0.25, 0.3) is 22.2 Å². The molecule has 38 heavy (non-hydrogen) atoms. The second-order valence-electron chi connectivity index (χ2n) is 9.64. The lowest BCUT2D eigenvalue weighted by Gasteiger charge is -2.32. The van der Waals surface area contributed by atoms with Gasteiger partial charge >= 0.3 is 0 Å². The molecule has 2 aromatic heterocycles. The van der Waals surface area contributed by atoms with Crippen molar-refractivity contribution in [2.45, 2.75) is 32.0 Å². The summed E-state index contributed by atoms with van der Waals surface area (Å²) in [4.78, 5) is 27.8. The number of aromatic nitrogens is 1. The van der Waals surface area contributed by atoms with Gasteiger partial charge in [-0.2, -0.15) is 0 Å². The first-order valence-electron chi connectivity index (χ1n) is 13.1. The van der Waals surface area contributed by atoms with E-state index in [1.54, 1.807) is 18.7 Å². The van der Waals surface area contributed by atoms with Crippen molar-refractivity contribution in [3.05, 3.63) is 88.4 Å². The van der Waals surface area contributed by atoms with Crippen molar-refractivity contribution in [1.29, 1.82) is 0 Å². The standard InChI is InChI=1S/C30H34N4O4/c1-31-30(36)26-19-29(35)34(27-18-23(37-2)8-10-25(26)27)17-16-33-14-12-22(13-15-33)32-20-24-9-11-28(38-24)21-6-4-3-5-7-21/h3-11,18-19,22,32H,12-17,20H2,1-2H3,(H,31,36). The highest BCUT2D eigenvalue weighted by atomic mass is 16.5. The van der Waals surface area contributed by atoms with Gasteiger partial charge in [-0.1, -0.05) is 30.3 Å². The van der Waals surface area contributed by atoms with Gasteiger partial charge in [-0.05, 0) is 50.2 Å². The van der Waals surface area contributed by atoms with Crippen LogP contribution in [0.3, 0.4) is 0 Å². The number of hydrogen-bond donors (Lipinski definition) is 2. The summed E-state index contributed by atoms with van der Waals surface area (Å²) in [5.41, 5.74) is 1.99. The van der Waals surface area contributed by atoms with E-state index in [2.05, 4.69) is 27.7 Å². The summed E-state index contributed by atoms with van der Waals surface area (Å²) in [6.07, 6.45) is 2.07. The summed E-state index contributed by atoms with van der Waals surface area (Å²) < 4.78 is 13.2. The molecule has 8 nitrogen and oxygen atoms in total. The Balaban J connectivity index is 1.18. The molecule has 2 aromatic carbocycles. The molecule has 0 unspecified atom stereocenters. The Kier molecular flexibility index (Phi) is 7.91. The van der Waals surface area contributed by atoms with Gasteiger partial charge in [0.15, 0.2) is 0 Å². The summed E-state index contributed by atoms with van der Waals surface area (Å²) in [5, 5.41) is 7.00. The van der Waals surface area contributed by atoms with Crippen LogP contribution in [0.15, 0.2) is 75.9 Å². The Bertz CT molecular complexity index is 1450. The second-order valence-corrected chi connectivity index (χ2v) is 9.64. The zero-order valence-electron chi connectivity index (χ0n) is 21.9. The van der Waals surface area contributed by atoms with E-state index < -0.39 is 0 Å². The fraction of sp³-hybridized carbons (Fsp3) is 0.333. The van der Waals surface area contributed by atoms with E-state index in [4.69, 9.17) is 9.15 Å². The van der Waals surface area contributed by atoms with Gasteiger partial charge < -0.3 is 29.3 Å². The van der Waals surface area contributed by atoms with Gasteiger partial charge in [0, 0.05) is 49.3 Å². The summed E-state index contributed by atoms with van der Waals surface area (Å²) in [6.45, 7) is 3.92. The molecule has 0 atom stereocenters. The zero-order chi connectivity index (χ0) is 26.5. The van der Waals surface area contributed by atoms with E-state index in [-0.39, 0.29) is 11.5 Å². The molecule has 0 radical (unpaired) electrons. The Morgan fingerprint density at radius 1 is 1.03 bits per heavy atom. The molecule has 0 aliphatic carbocycles. The average Bonchev–Trinajstić information content (AvgIpc) is 3.45. The first-order chi connectivity index (χ1) is 18.6. The third-order valence-corrected chi connectivity index (χ3v) is 7.30. The Hall–Kier alpha value is -3.88. The van der Waals surface area contributed by atoms with Crippen molar-refractivity contribution in [2.24, 2.45) is 0 Å². The fourth-order valence-corrected chi connectivity index (χ4v) is 5.12. The maximum absolute atomic E-state index is 13.0. The van der Waals surface area contributed by atoms with Crippen molar-refractivity contribution >= 4 is 16.8 Å². The van der Waals surface area contributed by atoms with E-state index in [1.165, 1.54) is 6.07 Å². The van der Waals surface area contributed by atoms with Crippen LogP contribution in [0.2, 0.25) is 0 Å². The first-order valence-corrected chi connectivity index (χ1v) is 13.1. The molecule has 1 amide bonds. The smallest absolute Gasteiger partial charge is 0.251 e. The van der Waals surface area contributed by atoms with Gasteiger partial charge in [-0.25, -0.2) is 0 Å². The Morgan fingerprint density at radius 3 is 2.55 bits per heavy atom. The number of likely N-dealkylation sites (tertiary alicyclic amines) is 1. The maximum Gasteiger partial charge on any atom is 0.251 e. The molecule has 8 heteroatoms. The normalized spacial score (nSPS) is 14.6. The summed E-state index contributed by atoms with van der Waals surface area (Å²) in [5.74, 6) is 2.21. The maximum atomic E-state index is 13.0. The number of methoxy groups -OCH3 is 1. The third-order valence-electron chi connectivity index (χ3n) is 7.30. The lowest BCUT2D eigenvalue weighted by Crippen LogP contribution is -2.43. The van der Waals surface area contributed by atoms with Crippen molar-refractivity contribution in [2.75, 3.05) is 33.8 Å². The summed E-state index contributed by atoms with van der Waals surface area (Å²) in [6, 6.07) is 21.5. The Labute approximate surface area is 222 Å². The van der Waals surface area contributed by atoms with Crippen LogP contribution < -0.4 is 20.9 Å². The molecule has 1 aliphatic rings. The largest absolute Gasteiger partial charge is 0.497 e. The molecular weight excluding hydrogens is 480 g/mol. The predicted molar refractivity (Wildman–Crippen MR) is 149 cm³/mol. The first kappa shape index (κ1) is 25.8. The number of nitrogens with one attached hydrogen (secondary N) is 2. The highest BCUT2D eigenvalue weighted by Gasteiger charge is 2.20. The van der Waals surface area contributed by atoms with E-state index in [0.717, 1.165) is 54.9 Å².